The fourth-order valence-electron chi connectivity index (χ4n) is 3.60. The van der Waals surface area contributed by atoms with Gasteiger partial charge in [0.15, 0.2) is 5.11 Å². The SMILES string of the molecule is CCc1cc(C(C)C)cc(CC)c1NC(=S)NC1CCCCCC1. The van der Waals surface area contributed by atoms with E-state index in [1.54, 1.807) is 0 Å². The molecule has 0 amide bonds. The molecule has 24 heavy (non-hydrogen) atoms. The summed E-state index contributed by atoms with van der Waals surface area (Å²) in [5.74, 6) is 0.561. The lowest BCUT2D eigenvalue weighted by molar-refractivity contribution is 0.535. The van der Waals surface area contributed by atoms with Crippen LogP contribution >= 0.6 is 12.2 Å². The first-order valence-corrected chi connectivity index (χ1v) is 10.2. The van der Waals surface area contributed by atoms with Crippen molar-refractivity contribution in [3.63, 3.8) is 0 Å². The summed E-state index contributed by atoms with van der Waals surface area (Å²) in [5, 5.41) is 7.90. The van der Waals surface area contributed by atoms with Crippen LogP contribution < -0.4 is 10.6 Å². The van der Waals surface area contributed by atoms with E-state index < -0.39 is 0 Å². The molecule has 1 aromatic carbocycles. The largest absolute Gasteiger partial charge is 0.360 e. The highest BCUT2D eigenvalue weighted by Gasteiger charge is 2.15. The van der Waals surface area contributed by atoms with Gasteiger partial charge >= 0.3 is 0 Å². The Hall–Kier alpha value is -1.09. The number of hydrogen-bond acceptors (Lipinski definition) is 1. The Labute approximate surface area is 153 Å². The first-order valence-electron chi connectivity index (χ1n) is 9.78. The van der Waals surface area contributed by atoms with Gasteiger partial charge in [0, 0.05) is 11.7 Å². The lowest BCUT2D eigenvalue weighted by Crippen LogP contribution is -2.37. The van der Waals surface area contributed by atoms with Crippen molar-refractivity contribution in [2.75, 3.05) is 5.32 Å². The quantitative estimate of drug-likeness (QED) is 0.509. The molecular formula is C21H34N2S. The van der Waals surface area contributed by atoms with Crippen LogP contribution in [0.4, 0.5) is 5.69 Å². The van der Waals surface area contributed by atoms with Crippen LogP contribution in [0.25, 0.3) is 0 Å². The number of rotatable bonds is 5. The van der Waals surface area contributed by atoms with Crippen molar-refractivity contribution in [3.05, 3.63) is 28.8 Å². The summed E-state index contributed by atoms with van der Waals surface area (Å²) in [6.07, 6.45) is 9.94. The van der Waals surface area contributed by atoms with E-state index in [0.717, 1.165) is 18.0 Å². The van der Waals surface area contributed by atoms with Crippen LogP contribution in [-0.4, -0.2) is 11.2 Å². The van der Waals surface area contributed by atoms with Gasteiger partial charge in [0.25, 0.3) is 0 Å². The van der Waals surface area contributed by atoms with Crippen molar-refractivity contribution in [2.45, 2.75) is 91.0 Å². The molecule has 0 aliphatic heterocycles. The molecule has 0 heterocycles. The summed E-state index contributed by atoms with van der Waals surface area (Å²) in [6, 6.07) is 5.23. The van der Waals surface area contributed by atoms with E-state index in [9.17, 15) is 0 Å². The molecular weight excluding hydrogens is 312 g/mol. The lowest BCUT2D eigenvalue weighted by Gasteiger charge is -2.23. The molecule has 1 aliphatic rings. The highest BCUT2D eigenvalue weighted by atomic mass is 32.1. The predicted molar refractivity (Wildman–Crippen MR) is 110 cm³/mol. The normalized spacial score (nSPS) is 16.0. The third-order valence-electron chi connectivity index (χ3n) is 5.18. The highest BCUT2D eigenvalue weighted by Crippen LogP contribution is 2.28. The Bertz CT molecular complexity index is 518. The van der Waals surface area contributed by atoms with E-state index >= 15 is 0 Å². The van der Waals surface area contributed by atoms with Crippen LogP contribution in [0, 0.1) is 0 Å². The topological polar surface area (TPSA) is 24.1 Å². The van der Waals surface area contributed by atoms with Gasteiger partial charge in [-0.3, -0.25) is 0 Å². The van der Waals surface area contributed by atoms with E-state index in [1.165, 1.54) is 60.9 Å². The maximum atomic E-state index is 5.64. The van der Waals surface area contributed by atoms with E-state index in [2.05, 4.69) is 50.5 Å². The van der Waals surface area contributed by atoms with Crippen LogP contribution in [0.1, 0.15) is 88.8 Å². The second-order valence-corrected chi connectivity index (χ2v) is 7.77. The van der Waals surface area contributed by atoms with Gasteiger partial charge in [-0.25, -0.2) is 0 Å². The molecule has 1 aliphatic carbocycles. The standard InChI is InChI=1S/C21H34N2S/c1-5-16-13-18(15(3)4)14-17(6-2)20(16)23-21(24)22-19-11-9-7-8-10-12-19/h13-15,19H,5-12H2,1-4H3,(H2,22,23,24). The number of hydrogen-bond donors (Lipinski definition) is 2. The third kappa shape index (κ3) is 5.20. The van der Waals surface area contributed by atoms with Gasteiger partial charge in [-0.1, -0.05) is 65.5 Å². The van der Waals surface area contributed by atoms with Crippen molar-refractivity contribution in [3.8, 4) is 0 Å². The second-order valence-electron chi connectivity index (χ2n) is 7.36. The van der Waals surface area contributed by atoms with Crippen LogP contribution in [0.2, 0.25) is 0 Å². The number of benzene rings is 1. The van der Waals surface area contributed by atoms with Crippen molar-refractivity contribution in [1.29, 1.82) is 0 Å². The van der Waals surface area contributed by atoms with Gasteiger partial charge in [-0.05, 0) is 60.5 Å². The van der Waals surface area contributed by atoms with Gasteiger partial charge < -0.3 is 10.6 Å². The molecule has 0 spiro atoms. The van der Waals surface area contributed by atoms with E-state index in [-0.39, 0.29) is 0 Å². The molecule has 2 nitrogen and oxygen atoms in total. The second kappa shape index (κ2) is 9.41. The molecule has 1 saturated carbocycles. The highest BCUT2D eigenvalue weighted by molar-refractivity contribution is 7.80. The smallest absolute Gasteiger partial charge is 0.171 e. The van der Waals surface area contributed by atoms with Crippen molar-refractivity contribution >= 4 is 23.0 Å². The number of thiocarbonyl (C=S) groups is 1. The fraction of sp³-hybridized carbons (Fsp3) is 0.667. The van der Waals surface area contributed by atoms with Gasteiger partial charge in [0.1, 0.15) is 0 Å². The first-order chi connectivity index (χ1) is 11.5. The molecule has 2 N–H and O–H groups in total. The summed E-state index contributed by atoms with van der Waals surface area (Å²) < 4.78 is 0. The summed E-state index contributed by atoms with van der Waals surface area (Å²) in [4.78, 5) is 0. The molecule has 0 aromatic heterocycles. The van der Waals surface area contributed by atoms with Crippen LogP contribution in [0.3, 0.4) is 0 Å². The van der Waals surface area contributed by atoms with Crippen LogP contribution in [-0.2, 0) is 12.8 Å². The van der Waals surface area contributed by atoms with Gasteiger partial charge in [0.05, 0.1) is 0 Å². The maximum Gasteiger partial charge on any atom is 0.171 e. The zero-order valence-corrected chi connectivity index (χ0v) is 16.7. The third-order valence-corrected chi connectivity index (χ3v) is 5.40. The molecule has 0 radical (unpaired) electrons. The van der Waals surface area contributed by atoms with E-state index in [1.807, 2.05) is 0 Å². The van der Waals surface area contributed by atoms with Crippen molar-refractivity contribution in [1.82, 2.24) is 5.32 Å². The summed E-state index contributed by atoms with van der Waals surface area (Å²) in [5.41, 5.74) is 5.42. The minimum Gasteiger partial charge on any atom is -0.360 e. The number of nitrogens with one attached hydrogen (secondary N) is 2. The Morgan fingerprint density at radius 3 is 2.04 bits per heavy atom. The van der Waals surface area contributed by atoms with Gasteiger partial charge in [-0.15, -0.1) is 0 Å². The summed E-state index contributed by atoms with van der Waals surface area (Å²) in [7, 11) is 0. The molecule has 3 heteroatoms. The summed E-state index contributed by atoms with van der Waals surface area (Å²) in [6.45, 7) is 8.98. The molecule has 2 rings (SSSR count). The van der Waals surface area contributed by atoms with Gasteiger partial charge in [-0.2, -0.15) is 0 Å². The van der Waals surface area contributed by atoms with Crippen LogP contribution in [0.15, 0.2) is 12.1 Å². The Balaban J connectivity index is 2.13. The maximum absolute atomic E-state index is 5.64. The van der Waals surface area contributed by atoms with Crippen molar-refractivity contribution < 1.29 is 0 Å². The lowest BCUT2D eigenvalue weighted by atomic mass is 9.94. The molecule has 0 saturated heterocycles. The van der Waals surface area contributed by atoms with Crippen molar-refractivity contribution in [2.24, 2.45) is 0 Å². The zero-order valence-electron chi connectivity index (χ0n) is 15.9. The van der Waals surface area contributed by atoms with E-state index in [4.69, 9.17) is 12.2 Å². The minimum absolute atomic E-state index is 0.539. The Morgan fingerprint density at radius 1 is 1.04 bits per heavy atom. The zero-order chi connectivity index (χ0) is 17.5. The molecule has 1 aromatic rings. The van der Waals surface area contributed by atoms with Gasteiger partial charge in [0.2, 0.25) is 0 Å². The average Bonchev–Trinajstić information content (AvgIpc) is 2.83. The Morgan fingerprint density at radius 2 is 1.58 bits per heavy atom. The first kappa shape index (κ1) is 19.2. The molecule has 1 fully saturated rings. The minimum atomic E-state index is 0.539. The van der Waals surface area contributed by atoms with E-state index in [0.29, 0.717) is 12.0 Å². The average molecular weight is 347 g/mol. The molecule has 134 valence electrons. The number of anilines is 1. The predicted octanol–water partition coefficient (Wildman–Crippen LogP) is 5.94. The number of aryl methyl sites for hydroxylation is 2. The fourth-order valence-corrected chi connectivity index (χ4v) is 3.87. The Kier molecular flexibility index (Phi) is 7.54. The monoisotopic (exact) mass is 346 g/mol. The molecule has 0 bridgehead atoms. The molecule has 0 atom stereocenters. The molecule has 0 unspecified atom stereocenters. The summed E-state index contributed by atoms with van der Waals surface area (Å²) >= 11 is 5.64. The van der Waals surface area contributed by atoms with Crippen LogP contribution in [0.5, 0.6) is 0 Å².